The molecule has 2 atom stereocenters. The number of benzene rings is 1. The van der Waals surface area contributed by atoms with E-state index >= 15 is 0 Å². The van der Waals surface area contributed by atoms with Gasteiger partial charge in [0.25, 0.3) is 5.91 Å². The number of thiocarbonyl (C=S) groups is 1. The summed E-state index contributed by atoms with van der Waals surface area (Å²) in [6, 6.07) is 7.48. The van der Waals surface area contributed by atoms with Gasteiger partial charge in [-0.25, -0.2) is 0 Å². The van der Waals surface area contributed by atoms with Crippen molar-refractivity contribution in [3.8, 4) is 0 Å². The second-order valence-corrected chi connectivity index (χ2v) is 5.91. The fourth-order valence-corrected chi connectivity index (χ4v) is 2.55. The van der Waals surface area contributed by atoms with E-state index in [9.17, 15) is 9.90 Å². The Morgan fingerprint density at radius 2 is 1.96 bits per heavy atom. The van der Waals surface area contributed by atoms with E-state index in [1.165, 1.54) is 0 Å². The number of nitrogens with one attached hydrogen (secondary N) is 2. The Bertz CT molecular complexity index is 575. The van der Waals surface area contributed by atoms with Crippen molar-refractivity contribution >= 4 is 35.0 Å². The number of hydrogen-bond acceptors (Lipinski definition) is 4. The first-order valence-corrected chi connectivity index (χ1v) is 8.87. The summed E-state index contributed by atoms with van der Waals surface area (Å²) < 4.78 is 0. The van der Waals surface area contributed by atoms with Crippen molar-refractivity contribution in [2.75, 3.05) is 5.32 Å². The van der Waals surface area contributed by atoms with Crippen LogP contribution in [0.5, 0.6) is 0 Å². The van der Waals surface area contributed by atoms with E-state index in [1.807, 2.05) is 45.0 Å². The van der Waals surface area contributed by atoms with Gasteiger partial charge in [-0.1, -0.05) is 57.1 Å². The molecule has 1 fully saturated rings. The lowest BCUT2D eigenvalue weighted by molar-refractivity contribution is -0.110. The summed E-state index contributed by atoms with van der Waals surface area (Å²) in [7, 11) is 0. The maximum Gasteiger partial charge on any atom is 0.284 e. The molecule has 1 aromatic carbocycles. The van der Waals surface area contributed by atoms with E-state index in [0.29, 0.717) is 0 Å². The predicted molar refractivity (Wildman–Crippen MR) is 103 cm³/mol. The van der Waals surface area contributed by atoms with Crippen molar-refractivity contribution in [2.45, 2.75) is 52.6 Å². The number of aryl methyl sites for hydroxylation is 1. The van der Waals surface area contributed by atoms with E-state index < -0.39 is 5.91 Å². The summed E-state index contributed by atoms with van der Waals surface area (Å²) in [5.41, 5.74) is 4.26. The number of para-hydroxylation sites is 1. The zero-order valence-electron chi connectivity index (χ0n) is 14.6. The van der Waals surface area contributed by atoms with Gasteiger partial charge < -0.3 is 10.4 Å². The quantitative estimate of drug-likeness (QED) is 0.444. The highest BCUT2D eigenvalue weighted by Gasteiger charge is 2.21. The van der Waals surface area contributed by atoms with Gasteiger partial charge in [0.05, 0.1) is 6.10 Å². The van der Waals surface area contributed by atoms with Crippen molar-refractivity contribution in [1.82, 2.24) is 5.43 Å². The number of nitrogens with zero attached hydrogens (tertiary/aromatic N) is 1. The van der Waals surface area contributed by atoms with Gasteiger partial charge in [-0.05, 0) is 31.4 Å². The number of amides is 1. The smallest absolute Gasteiger partial charge is 0.284 e. The Hall–Kier alpha value is -1.79. The minimum atomic E-state index is -0.398. The Morgan fingerprint density at radius 1 is 1.29 bits per heavy atom. The molecule has 3 N–H and O–H groups in total. The molecule has 0 radical (unpaired) electrons. The molecule has 0 aromatic heterocycles. The number of hydrogen-bond donors (Lipinski definition) is 3. The molecule has 24 heavy (non-hydrogen) atoms. The molecule has 5 nitrogen and oxygen atoms in total. The van der Waals surface area contributed by atoms with Crippen LogP contribution in [0.1, 0.15) is 45.1 Å². The van der Waals surface area contributed by atoms with E-state index in [2.05, 4.69) is 15.8 Å². The Balaban J connectivity index is 0.00000139. The van der Waals surface area contributed by atoms with Crippen LogP contribution in [0.25, 0.3) is 0 Å². The van der Waals surface area contributed by atoms with Gasteiger partial charge >= 0.3 is 0 Å². The van der Waals surface area contributed by atoms with Crippen molar-refractivity contribution in [3.63, 3.8) is 0 Å². The SMILES string of the molecule is CC.Cc1ccccc1NC(=O)C(=S)N/N=C/C1CCCCC1O. The zero-order valence-corrected chi connectivity index (χ0v) is 15.4. The lowest BCUT2D eigenvalue weighted by Crippen LogP contribution is -2.32. The first kappa shape index (κ1) is 20.3. The summed E-state index contributed by atoms with van der Waals surface area (Å²) in [5, 5.41) is 16.6. The van der Waals surface area contributed by atoms with E-state index in [1.54, 1.807) is 6.21 Å². The molecule has 0 bridgehead atoms. The summed E-state index contributed by atoms with van der Waals surface area (Å²) >= 11 is 5.02. The van der Waals surface area contributed by atoms with Gasteiger partial charge in [0.15, 0.2) is 4.99 Å². The van der Waals surface area contributed by atoms with Gasteiger partial charge in [0.2, 0.25) is 0 Å². The highest BCUT2D eigenvalue weighted by molar-refractivity contribution is 7.82. The topological polar surface area (TPSA) is 73.7 Å². The van der Waals surface area contributed by atoms with Crippen LogP contribution < -0.4 is 10.7 Å². The fraction of sp³-hybridized carbons (Fsp3) is 0.500. The molecule has 1 amide bonds. The molecule has 6 heteroatoms. The largest absolute Gasteiger partial charge is 0.392 e. The molecule has 2 unspecified atom stereocenters. The zero-order chi connectivity index (χ0) is 17.9. The summed E-state index contributed by atoms with van der Waals surface area (Å²) in [6.07, 6.45) is 5.15. The average molecular weight is 350 g/mol. The van der Waals surface area contributed by atoms with Crippen LogP contribution in [0, 0.1) is 12.8 Å². The number of aliphatic hydroxyl groups is 1. The summed E-state index contributed by atoms with van der Waals surface area (Å²) in [4.78, 5) is 12.0. The number of carbonyl (C=O) groups is 1. The number of carbonyl (C=O) groups excluding carboxylic acids is 1. The van der Waals surface area contributed by atoms with Crippen LogP contribution in [0.3, 0.4) is 0 Å². The lowest BCUT2D eigenvalue weighted by atomic mass is 9.87. The highest BCUT2D eigenvalue weighted by Crippen LogP contribution is 2.22. The Morgan fingerprint density at radius 3 is 2.62 bits per heavy atom. The maximum absolute atomic E-state index is 12.0. The normalized spacial score (nSPS) is 20.0. The number of anilines is 1. The fourth-order valence-electron chi connectivity index (χ4n) is 2.45. The van der Waals surface area contributed by atoms with Crippen LogP contribution in [-0.4, -0.2) is 28.3 Å². The molecular weight excluding hydrogens is 322 g/mol. The van der Waals surface area contributed by atoms with Gasteiger partial charge in [-0.15, -0.1) is 0 Å². The molecule has 0 aliphatic heterocycles. The summed E-state index contributed by atoms with van der Waals surface area (Å²) in [5.74, 6) is -0.367. The Kier molecular flexibility index (Phi) is 9.19. The van der Waals surface area contributed by atoms with Crippen LogP contribution in [0.15, 0.2) is 29.4 Å². The standard InChI is InChI=1S/C16H21N3O2S.C2H6/c1-11-6-2-4-8-13(11)18-15(21)16(22)19-17-10-12-7-3-5-9-14(12)20;1-2/h2,4,6,8,10,12,14,20H,3,5,7,9H2,1H3,(H,18,21)(H,19,22);1-2H3/b17-10+;. The van der Waals surface area contributed by atoms with E-state index in [0.717, 1.165) is 36.9 Å². The average Bonchev–Trinajstić information content (AvgIpc) is 2.60. The number of rotatable bonds is 3. The molecule has 132 valence electrons. The van der Waals surface area contributed by atoms with Crippen LogP contribution in [0.2, 0.25) is 0 Å². The van der Waals surface area contributed by atoms with Gasteiger partial charge in [0.1, 0.15) is 0 Å². The first-order valence-electron chi connectivity index (χ1n) is 8.46. The van der Waals surface area contributed by atoms with Crippen molar-refractivity contribution < 1.29 is 9.90 Å². The van der Waals surface area contributed by atoms with Crippen molar-refractivity contribution in [3.05, 3.63) is 29.8 Å². The molecule has 0 heterocycles. The molecule has 1 aromatic rings. The molecule has 1 aliphatic rings. The van der Waals surface area contributed by atoms with Crippen LogP contribution >= 0.6 is 12.2 Å². The lowest BCUT2D eigenvalue weighted by Gasteiger charge is -2.23. The molecular formula is C18H27N3O2S. The van der Waals surface area contributed by atoms with E-state index in [4.69, 9.17) is 12.2 Å². The summed E-state index contributed by atoms with van der Waals surface area (Å²) in [6.45, 7) is 5.91. The second-order valence-electron chi connectivity index (χ2n) is 5.50. The number of hydrazone groups is 1. The van der Waals surface area contributed by atoms with Crippen molar-refractivity contribution in [1.29, 1.82) is 0 Å². The minimum Gasteiger partial charge on any atom is -0.392 e. The molecule has 0 saturated heterocycles. The minimum absolute atomic E-state index is 0.00445. The molecule has 0 spiro atoms. The second kappa shape index (κ2) is 10.9. The number of aliphatic hydroxyl groups excluding tert-OH is 1. The van der Waals surface area contributed by atoms with Gasteiger partial charge in [-0.2, -0.15) is 5.10 Å². The molecule has 1 aliphatic carbocycles. The monoisotopic (exact) mass is 349 g/mol. The molecule has 2 rings (SSSR count). The van der Waals surface area contributed by atoms with E-state index in [-0.39, 0.29) is 17.0 Å². The predicted octanol–water partition coefficient (Wildman–Crippen LogP) is 3.41. The maximum atomic E-state index is 12.0. The van der Waals surface area contributed by atoms with Crippen molar-refractivity contribution in [2.24, 2.45) is 11.0 Å². The highest BCUT2D eigenvalue weighted by atomic mass is 32.1. The molecule has 1 saturated carbocycles. The van der Waals surface area contributed by atoms with Crippen LogP contribution in [-0.2, 0) is 4.79 Å². The third-order valence-corrected chi connectivity index (χ3v) is 4.09. The van der Waals surface area contributed by atoms with Crippen LogP contribution in [0.4, 0.5) is 5.69 Å². The van der Waals surface area contributed by atoms with Gasteiger partial charge in [0, 0.05) is 17.8 Å². The first-order chi connectivity index (χ1) is 11.6. The Labute approximate surface area is 149 Å². The third-order valence-electron chi connectivity index (χ3n) is 3.81. The van der Waals surface area contributed by atoms with Gasteiger partial charge in [-0.3, -0.25) is 10.2 Å². The third kappa shape index (κ3) is 6.37.